The number of nitrogens with one attached hydrogen (secondary N) is 1. The van der Waals surface area contributed by atoms with Gasteiger partial charge in [-0.3, -0.25) is 5.41 Å². The number of amidine groups is 1. The van der Waals surface area contributed by atoms with Crippen LogP contribution in [0.1, 0.15) is 28.9 Å². The normalized spacial score (nSPS) is 10.6. The molecule has 0 aliphatic rings. The summed E-state index contributed by atoms with van der Waals surface area (Å²) in [7, 11) is 0. The first-order valence-electron chi connectivity index (χ1n) is 6.82. The Morgan fingerprint density at radius 3 is 2.81 bits per heavy atom. The second-order valence-corrected chi connectivity index (χ2v) is 5.66. The Morgan fingerprint density at radius 2 is 2.14 bits per heavy atom. The van der Waals surface area contributed by atoms with E-state index in [1.54, 1.807) is 18.2 Å². The lowest BCUT2D eigenvalue weighted by molar-refractivity contribution is 0.305. The highest BCUT2D eigenvalue weighted by Crippen LogP contribution is 2.21. The summed E-state index contributed by atoms with van der Waals surface area (Å²) in [6.07, 6.45) is 2.33. The first-order valence-corrected chi connectivity index (χ1v) is 7.63. The molecule has 2 aromatic rings. The summed E-state index contributed by atoms with van der Waals surface area (Å²) in [5, 5.41) is 8.44. The molecule has 0 amide bonds. The van der Waals surface area contributed by atoms with Crippen molar-refractivity contribution < 1.29 is 9.13 Å². The number of nitrogens with two attached hydrogens (primary N) is 1. The van der Waals surface area contributed by atoms with Gasteiger partial charge >= 0.3 is 0 Å². The first kappa shape index (κ1) is 15.4. The van der Waals surface area contributed by atoms with Gasteiger partial charge in [-0.05, 0) is 18.6 Å². The fraction of sp³-hybridized carbons (Fsp3) is 0.333. The molecule has 0 spiro atoms. The lowest BCUT2D eigenvalue weighted by Gasteiger charge is -2.05. The Kier molecular flexibility index (Phi) is 5.27. The van der Waals surface area contributed by atoms with E-state index >= 15 is 0 Å². The van der Waals surface area contributed by atoms with E-state index in [9.17, 15) is 4.39 Å². The van der Waals surface area contributed by atoms with Gasteiger partial charge in [-0.1, -0.05) is 25.5 Å². The van der Waals surface area contributed by atoms with Crippen LogP contribution in [0.15, 0.2) is 24.3 Å². The number of halogens is 1. The van der Waals surface area contributed by atoms with Crippen LogP contribution in [-0.2, 0) is 12.8 Å². The number of nitrogens with zero attached hydrogens (tertiary/aromatic N) is 1. The molecule has 0 fully saturated rings. The van der Waals surface area contributed by atoms with E-state index in [4.69, 9.17) is 15.9 Å². The minimum Gasteiger partial charge on any atom is -0.490 e. The van der Waals surface area contributed by atoms with Gasteiger partial charge in [0.25, 0.3) is 0 Å². The van der Waals surface area contributed by atoms with Crippen molar-refractivity contribution in [3.8, 4) is 5.75 Å². The third-order valence-electron chi connectivity index (χ3n) is 2.88. The summed E-state index contributed by atoms with van der Waals surface area (Å²) in [5.41, 5.74) is 6.44. The number of thiazole rings is 1. The Bertz CT molecular complexity index is 627. The average molecular weight is 307 g/mol. The zero-order valence-electron chi connectivity index (χ0n) is 11.9. The molecule has 0 unspecified atom stereocenters. The van der Waals surface area contributed by atoms with Gasteiger partial charge in [-0.2, -0.15) is 0 Å². The van der Waals surface area contributed by atoms with Crippen molar-refractivity contribution in [3.63, 3.8) is 0 Å². The quantitative estimate of drug-likeness (QED) is 0.609. The van der Waals surface area contributed by atoms with E-state index in [1.807, 2.05) is 0 Å². The van der Waals surface area contributed by atoms with Crippen molar-refractivity contribution in [1.82, 2.24) is 4.98 Å². The number of aryl methyl sites for hydroxylation is 1. The van der Waals surface area contributed by atoms with Crippen molar-refractivity contribution in [1.29, 1.82) is 5.41 Å². The van der Waals surface area contributed by atoms with Gasteiger partial charge in [0, 0.05) is 6.42 Å². The highest BCUT2D eigenvalue weighted by Gasteiger charge is 2.13. The lowest BCUT2D eigenvalue weighted by Crippen LogP contribution is -2.11. The smallest absolute Gasteiger partial charge is 0.165 e. The number of benzene rings is 1. The molecule has 0 aliphatic heterocycles. The Morgan fingerprint density at radius 1 is 1.38 bits per heavy atom. The maximum atomic E-state index is 13.4. The molecule has 112 valence electrons. The molecular weight excluding hydrogens is 289 g/mol. The van der Waals surface area contributed by atoms with Crippen LogP contribution in [0.4, 0.5) is 4.39 Å². The molecule has 0 bridgehead atoms. The van der Waals surface area contributed by atoms with E-state index in [0.717, 1.165) is 28.4 Å². The topological polar surface area (TPSA) is 72.0 Å². The van der Waals surface area contributed by atoms with Crippen LogP contribution in [0.5, 0.6) is 5.75 Å². The Hall–Kier alpha value is -1.95. The molecule has 1 heterocycles. The van der Waals surface area contributed by atoms with Gasteiger partial charge in [0.05, 0.1) is 22.2 Å². The van der Waals surface area contributed by atoms with Crippen molar-refractivity contribution in [2.75, 3.05) is 6.61 Å². The minimum atomic E-state index is -0.368. The van der Waals surface area contributed by atoms with E-state index in [0.29, 0.717) is 13.0 Å². The minimum absolute atomic E-state index is 0.0530. The maximum absolute atomic E-state index is 13.4. The number of nitrogen functional groups attached to an aromatic ring is 1. The van der Waals surface area contributed by atoms with Crippen LogP contribution >= 0.6 is 11.3 Å². The number of hydrogen-bond donors (Lipinski definition) is 2. The van der Waals surface area contributed by atoms with E-state index in [1.165, 1.54) is 17.4 Å². The largest absolute Gasteiger partial charge is 0.490 e. The highest BCUT2D eigenvalue weighted by molar-refractivity contribution is 7.13. The molecule has 0 atom stereocenters. The van der Waals surface area contributed by atoms with Crippen molar-refractivity contribution >= 4 is 17.2 Å². The number of rotatable bonds is 7. The number of para-hydroxylation sites is 1. The summed E-state index contributed by atoms with van der Waals surface area (Å²) < 4.78 is 18.8. The first-order chi connectivity index (χ1) is 10.1. The standard InChI is InChI=1S/C15H18FN3OS/c1-2-5-11-14(15(17)18)21-13(19-11)8-9-20-12-7-4-3-6-10(12)16/h3-4,6-7H,2,5,8-9H2,1H3,(H3,17,18). The van der Waals surface area contributed by atoms with Gasteiger partial charge in [0.1, 0.15) is 5.84 Å². The molecule has 0 radical (unpaired) electrons. The summed E-state index contributed by atoms with van der Waals surface area (Å²) >= 11 is 1.41. The molecule has 21 heavy (non-hydrogen) atoms. The lowest BCUT2D eigenvalue weighted by atomic mass is 10.2. The van der Waals surface area contributed by atoms with E-state index in [-0.39, 0.29) is 17.4 Å². The van der Waals surface area contributed by atoms with Crippen molar-refractivity contribution in [3.05, 3.63) is 45.7 Å². The maximum Gasteiger partial charge on any atom is 0.165 e. The Labute approximate surface area is 127 Å². The molecule has 2 rings (SSSR count). The van der Waals surface area contributed by atoms with Crippen molar-refractivity contribution in [2.24, 2.45) is 5.73 Å². The fourth-order valence-electron chi connectivity index (χ4n) is 1.93. The molecular formula is C15H18FN3OS. The van der Waals surface area contributed by atoms with Gasteiger partial charge in [0.2, 0.25) is 0 Å². The average Bonchev–Trinajstić information content (AvgIpc) is 2.85. The van der Waals surface area contributed by atoms with E-state index in [2.05, 4.69) is 11.9 Å². The van der Waals surface area contributed by atoms with Gasteiger partial charge in [0.15, 0.2) is 11.6 Å². The number of hydrogen-bond acceptors (Lipinski definition) is 4. The van der Waals surface area contributed by atoms with Crippen LogP contribution in [0, 0.1) is 11.2 Å². The molecule has 1 aromatic heterocycles. The third kappa shape index (κ3) is 4.01. The molecule has 3 N–H and O–H groups in total. The predicted octanol–water partition coefficient (Wildman–Crippen LogP) is 3.14. The second kappa shape index (κ2) is 7.17. The summed E-state index contributed by atoms with van der Waals surface area (Å²) in [5.74, 6) is -0.0698. The van der Waals surface area contributed by atoms with Gasteiger partial charge in [-0.25, -0.2) is 9.37 Å². The van der Waals surface area contributed by atoms with Gasteiger partial charge < -0.3 is 10.5 Å². The van der Waals surface area contributed by atoms with Gasteiger partial charge in [-0.15, -0.1) is 11.3 Å². The summed E-state index contributed by atoms with van der Waals surface area (Å²) in [4.78, 5) is 5.23. The molecule has 0 saturated heterocycles. The molecule has 1 aromatic carbocycles. The van der Waals surface area contributed by atoms with Crippen LogP contribution in [0.2, 0.25) is 0 Å². The molecule has 4 nitrogen and oxygen atoms in total. The fourth-order valence-corrected chi connectivity index (χ4v) is 2.89. The monoisotopic (exact) mass is 307 g/mol. The SMILES string of the molecule is CCCc1nc(CCOc2ccccc2F)sc1C(=N)N. The molecule has 0 aliphatic carbocycles. The zero-order valence-corrected chi connectivity index (χ0v) is 12.7. The summed E-state index contributed by atoms with van der Waals surface area (Å²) in [6.45, 7) is 2.40. The van der Waals surface area contributed by atoms with Crippen LogP contribution in [0.3, 0.4) is 0 Å². The van der Waals surface area contributed by atoms with Crippen LogP contribution in [0.25, 0.3) is 0 Å². The van der Waals surface area contributed by atoms with E-state index < -0.39 is 0 Å². The molecule has 0 saturated carbocycles. The second-order valence-electron chi connectivity index (χ2n) is 4.58. The van der Waals surface area contributed by atoms with Crippen LogP contribution in [-0.4, -0.2) is 17.4 Å². The third-order valence-corrected chi connectivity index (χ3v) is 4.07. The van der Waals surface area contributed by atoms with Crippen molar-refractivity contribution in [2.45, 2.75) is 26.2 Å². The summed E-state index contributed by atoms with van der Waals surface area (Å²) in [6, 6.07) is 6.32. The van der Waals surface area contributed by atoms with Crippen LogP contribution < -0.4 is 10.5 Å². The Balaban J connectivity index is 1.99. The predicted molar refractivity (Wildman–Crippen MR) is 82.7 cm³/mol. The highest BCUT2D eigenvalue weighted by atomic mass is 32.1. The molecule has 6 heteroatoms. The number of ether oxygens (including phenoxy) is 1. The zero-order chi connectivity index (χ0) is 15.2. The number of aromatic nitrogens is 1.